The van der Waals surface area contributed by atoms with Gasteiger partial charge in [-0.3, -0.25) is 4.98 Å². The van der Waals surface area contributed by atoms with Gasteiger partial charge in [0, 0.05) is 30.9 Å². The second kappa shape index (κ2) is 7.35. The van der Waals surface area contributed by atoms with Gasteiger partial charge in [-0.25, -0.2) is 4.57 Å². The molecular formula is C19H25N2+. The van der Waals surface area contributed by atoms with Crippen molar-refractivity contribution in [1.82, 2.24) is 4.98 Å². The van der Waals surface area contributed by atoms with E-state index in [9.17, 15) is 0 Å². The zero-order chi connectivity index (χ0) is 14.3. The van der Waals surface area contributed by atoms with Gasteiger partial charge in [-0.05, 0) is 35.6 Å². The van der Waals surface area contributed by atoms with Gasteiger partial charge in [0.2, 0.25) is 0 Å². The SMILES string of the molecule is c1cc(-c2cc[n+](CCCCC3CCCC3)cc2)ccn1. The molecule has 0 unspecified atom stereocenters. The highest BCUT2D eigenvalue weighted by atomic mass is 14.9. The van der Waals surface area contributed by atoms with Gasteiger partial charge in [-0.1, -0.05) is 32.1 Å². The summed E-state index contributed by atoms with van der Waals surface area (Å²) >= 11 is 0. The van der Waals surface area contributed by atoms with Crippen molar-refractivity contribution in [3.8, 4) is 11.1 Å². The highest BCUT2D eigenvalue weighted by Gasteiger charge is 2.14. The van der Waals surface area contributed by atoms with Crippen LogP contribution in [0.2, 0.25) is 0 Å². The summed E-state index contributed by atoms with van der Waals surface area (Å²) in [5, 5.41) is 0. The van der Waals surface area contributed by atoms with Gasteiger partial charge < -0.3 is 0 Å². The highest BCUT2D eigenvalue weighted by Crippen LogP contribution is 2.28. The lowest BCUT2D eigenvalue weighted by Gasteiger charge is -2.06. The second-order valence-corrected chi connectivity index (χ2v) is 6.21. The van der Waals surface area contributed by atoms with Crippen molar-refractivity contribution >= 4 is 0 Å². The summed E-state index contributed by atoms with van der Waals surface area (Å²) in [6.07, 6.45) is 18.1. The van der Waals surface area contributed by atoms with Crippen molar-refractivity contribution in [3.63, 3.8) is 0 Å². The number of aromatic nitrogens is 2. The van der Waals surface area contributed by atoms with Gasteiger partial charge in [0.05, 0.1) is 0 Å². The van der Waals surface area contributed by atoms with Gasteiger partial charge in [0.1, 0.15) is 6.54 Å². The van der Waals surface area contributed by atoms with Crippen LogP contribution in [0.15, 0.2) is 49.1 Å². The molecule has 0 bridgehead atoms. The van der Waals surface area contributed by atoms with Crippen molar-refractivity contribution in [2.75, 3.05) is 0 Å². The van der Waals surface area contributed by atoms with Gasteiger partial charge >= 0.3 is 0 Å². The molecule has 0 radical (unpaired) electrons. The Morgan fingerprint density at radius 3 is 2.29 bits per heavy atom. The molecule has 2 nitrogen and oxygen atoms in total. The van der Waals surface area contributed by atoms with Crippen LogP contribution in [0.1, 0.15) is 44.9 Å². The zero-order valence-corrected chi connectivity index (χ0v) is 12.7. The molecular weight excluding hydrogens is 256 g/mol. The Hall–Kier alpha value is -1.70. The van der Waals surface area contributed by atoms with E-state index in [1.165, 1.54) is 56.1 Å². The van der Waals surface area contributed by atoms with Crippen LogP contribution in [-0.4, -0.2) is 4.98 Å². The number of nitrogens with zero attached hydrogens (tertiary/aromatic N) is 2. The number of pyridine rings is 2. The lowest BCUT2D eigenvalue weighted by Crippen LogP contribution is -2.32. The summed E-state index contributed by atoms with van der Waals surface area (Å²) in [7, 11) is 0. The Kier molecular flexibility index (Phi) is 4.99. The molecule has 3 rings (SSSR count). The first kappa shape index (κ1) is 14.2. The molecule has 0 saturated heterocycles. The first-order valence-corrected chi connectivity index (χ1v) is 8.31. The number of hydrogen-bond acceptors (Lipinski definition) is 1. The minimum absolute atomic E-state index is 1.03. The lowest BCUT2D eigenvalue weighted by molar-refractivity contribution is -0.697. The van der Waals surface area contributed by atoms with Crippen LogP contribution in [0, 0.1) is 5.92 Å². The molecule has 2 heteroatoms. The van der Waals surface area contributed by atoms with Crippen molar-refractivity contribution in [3.05, 3.63) is 49.1 Å². The molecule has 0 aliphatic heterocycles. The highest BCUT2D eigenvalue weighted by molar-refractivity contribution is 5.61. The summed E-state index contributed by atoms with van der Waals surface area (Å²) in [5.41, 5.74) is 2.50. The summed E-state index contributed by atoms with van der Waals surface area (Å²) in [6, 6.07) is 8.52. The molecule has 0 N–H and O–H groups in total. The van der Waals surface area contributed by atoms with E-state index >= 15 is 0 Å². The molecule has 1 aliphatic carbocycles. The Balaban J connectivity index is 1.46. The molecule has 2 aromatic heterocycles. The van der Waals surface area contributed by atoms with Crippen molar-refractivity contribution in [2.45, 2.75) is 51.5 Å². The quantitative estimate of drug-likeness (QED) is 0.566. The summed E-state index contributed by atoms with van der Waals surface area (Å²) in [4.78, 5) is 4.07. The molecule has 1 saturated carbocycles. The first-order chi connectivity index (χ1) is 10.4. The van der Waals surface area contributed by atoms with Crippen LogP contribution < -0.4 is 4.57 Å². The van der Waals surface area contributed by atoms with Crippen LogP contribution >= 0.6 is 0 Å². The zero-order valence-electron chi connectivity index (χ0n) is 12.7. The Labute approximate surface area is 127 Å². The van der Waals surface area contributed by atoms with Gasteiger partial charge in [-0.15, -0.1) is 0 Å². The Bertz CT molecular complexity index is 527. The molecule has 21 heavy (non-hydrogen) atoms. The van der Waals surface area contributed by atoms with E-state index < -0.39 is 0 Å². The molecule has 1 aliphatic rings. The molecule has 0 amide bonds. The van der Waals surface area contributed by atoms with Gasteiger partial charge in [-0.2, -0.15) is 0 Å². The van der Waals surface area contributed by atoms with Crippen LogP contribution in [0.3, 0.4) is 0 Å². The molecule has 1 fully saturated rings. The van der Waals surface area contributed by atoms with E-state index in [0.717, 1.165) is 12.5 Å². The van der Waals surface area contributed by atoms with E-state index in [4.69, 9.17) is 0 Å². The van der Waals surface area contributed by atoms with Crippen LogP contribution in [-0.2, 0) is 6.54 Å². The topological polar surface area (TPSA) is 16.8 Å². The third-order valence-electron chi connectivity index (χ3n) is 4.66. The third kappa shape index (κ3) is 4.13. The third-order valence-corrected chi connectivity index (χ3v) is 4.66. The van der Waals surface area contributed by atoms with Crippen molar-refractivity contribution in [2.24, 2.45) is 5.92 Å². The Morgan fingerprint density at radius 2 is 1.57 bits per heavy atom. The van der Waals surface area contributed by atoms with Gasteiger partial charge in [0.15, 0.2) is 12.4 Å². The van der Waals surface area contributed by atoms with E-state index in [0.29, 0.717) is 0 Å². The maximum Gasteiger partial charge on any atom is 0.169 e. The fourth-order valence-electron chi connectivity index (χ4n) is 3.37. The fraction of sp³-hybridized carbons (Fsp3) is 0.474. The lowest BCUT2D eigenvalue weighted by atomic mass is 10.0. The minimum atomic E-state index is 1.03. The minimum Gasteiger partial charge on any atom is -0.265 e. The van der Waals surface area contributed by atoms with Crippen molar-refractivity contribution in [1.29, 1.82) is 0 Å². The molecule has 0 spiro atoms. The largest absolute Gasteiger partial charge is 0.265 e. The van der Waals surface area contributed by atoms with Crippen LogP contribution in [0.25, 0.3) is 11.1 Å². The molecule has 2 aromatic rings. The maximum atomic E-state index is 4.07. The smallest absolute Gasteiger partial charge is 0.169 e. The number of hydrogen-bond donors (Lipinski definition) is 0. The standard InChI is InChI=1S/C19H25N2/c1-2-6-17(5-1)7-3-4-14-21-15-10-19(11-16-21)18-8-12-20-13-9-18/h8-13,15-17H,1-7,14H2/q+1. The van der Waals surface area contributed by atoms with Gasteiger partial charge in [0.25, 0.3) is 0 Å². The van der Waals surface area contributed by atoms with Crippen LogP contribution in [0.5, 0.6) is 0 Å². The first-order valence-electron chi connectivity index (χ1n) is 8.31. The normalized spacial score (nSPS) is 15.4. The Morgan fingerprint density at radius 1 is 0.905 bits per heavy atom. The number of rotatable bonds is 6. The monoisotopic (exact) mass is 281 g/mol. The second-order valence-electron chi connectivity index (χ2n) is 6.21. The number of aryl methyl sites for hydroxylation is 1. The molecule has 0 aromatic carbocycles. The summed E-state index contributed by atoms with van der Waals surface area (Å²) < 4.78 is 2.30. The summed E-state index contributed by atoms with van der Waals surface area (Å²) in [5.74, 6) is 1.03. The summed E-state index contributed by atoms with van der Waals surface area (Å²) in [6.45, 7) is 1.14. The predicted molar refractivity (Wildman–Crippen MR) is 85.7 cm³/mol. The van der Waals surface area contributed by atoms with E-state index in [2.05, 4.69) is 46.2 Å². The predicted octanol–water partition coefficient (Wildman–Crippen LogP) is 4.40. The van der Waals surface area contributed by atoms with Crippen molar-refractivity contribution < 1.29 is 4.57 Å². The number of unbranched alkanes of at least 4 members (excludes halogenated alkanes) is 1. The van der Waals surface area contributed by atoms with E-state index in [1.807, 2.05) is 12.4 Å². The average molecular weight is 281 g/mol. The molecule has 110 valence electrons. The average Bonchev–Trinajstić information content (AvgIpc) is 3.06. The fourth-order valence-corrected chi connectivity index (χ4v) is 3.37. The molecule has 0 atom stereocenters. The molecule has 2 heterocycles. The van der Waals surface area contributed by atoms with E-state index in [-0.39, 0.29) is 0 Å². The van der Waals surface area contributed by atoms with Crippen LogP contribution in [0.4, 0.5) is 0 Å². The maximum absolute atomic E-state index is 4.07. The van der Waals surface area contributed by atoms with E-state index in [1.54, 1.807) is 0 Å².